The number of rotatable bonds is 7. The zero-order chi connectivity index (χ0) is 14.4. The Hall–Kier alpha value is -1.23. The minimum atomic E-state index is 0.659. The van der Waals surface area contributed by atoms with E-state index in [1.807, 2.05) is 0 Å². The van der Waals surface area contributed by atoms with Gasteiger partial charge < -0.3 is 10.5 Å². The van der Waals surface area contributed by atoms with Crippen molar-refractivity contribution in [1.82, 2.24) is 4.98 Å². The summed E-state index contributed by atoms with van der Waals surface area (Å²) in [5.41, 5.74) is 9.35. The van der Waals surface area contributed by atoms with Gasteiger partial charge in [0.05, 0.1) is 17.3 Å². The Labute approximate surface area is 124 Å². The Morgan fingerprint density at radius 3 is 2.55 bits per heavy atom. The van der Waals surface area contributed by atoms with Crippen LogP contribution in [-0.2, 0) is 24.0 Å². The quantitative estimate of drug-likeness (QED) is 0.852. The largest absolute Gasteiger partial charge is 0.384 e. The highest BCUT2D eigenvalue weighted by Crippen LogP contribution is 2.29. The summed E-state index contributed by atoms with van der Waals surface area (Å²) in [7, 11) is 1.72. The molecule has 2 N–H and O–H groups in total. The maximum absolute atomic E-state index is 5.72. The first kappa shape index (κ1) is 15.2. The van der Waals surface area contributed by atoms with Crippen molar-refractivity contribution in [2.45, 2.75) is 26.2 Å². The molecule has 108 valence electrons. The van der Waals surface area contributed by atoms with Gasteiger partial charge >= 0.3 is 0 Å². The standard InChI is InChI=1S/C16H22N2OS/c1-3-12-4-6-13(7-5-12)16-14(8-10-17)20-15(18-16)9-11-19-2/h4-7H,3,8-11,17H2,1-2H3. The number of hydrogen-bond acceptors (Lipinski definition) is 4. The normalized spacial score (nSPS) is 10.9. The fourth-order valence-corrected chi connectivity index (χ4v) is 3.21. The summed E-state index contributed by atoms with van der Waals surface area (Å²) in [5.74, 6) is 0. The Bertz CT molecular complexity index is 534. The lowest BCUT2D eigenvalue weighted by Crippen LogP contribution is -2.02. The molecule has 3 nitrogen and oxygen atoms in total. The number of ether oxygens (including phenoxy) is 1. The maximum atomic E-state index is 5.72. The molecule has 0 bridgehead atoms. The molecule has 0 fully saturated rings. The highest BCUT2D eigenvalue weighted by atomic mass is 32.1. The second-order valence-corrected chi connectivity index (χ2v) is 5.88. The number of nitrogens with two attached hydrogens (primary N) is 1. The van der Waals surface area contributed by atoms with Crippen LogP contribution in [0.15, 0.2) is 24.3 Å². The lowest BCUT2D eigenvalue weighted by molar-refractivity contribution is 0.202. The van der Waals surface area contributed by atoms with E-state index in [-0.39, 0.29) is 0 Å². The van der Waals surface area contributed by atoms with Crippen molar-refractivity contribution in [2.24, 2.45) is 5.73 Å². The molecule has 0 aliphatic rings. The van der Waals surface area contributed by atoms with Gasteiger partial charge in [0, 0.05) is 24.0 Å². The van der Waals surface area contributed by atoms with Gasteiger partial charge in [0.15, 0.2) is 0 Å². The van der Waals surface area contributed by atoms with Crippen LogP contribution >= 0.6 is 11.3 Å². The van der Waals surface area contributed by atoms with E-state index in [9.17, 15) is 0 Å². The first-order chi connectivity index (χ1) is 9.78. The predicted molar refractivity (Wildman–Crippen MR) is 85.3 cm³/mol. The van der Waals surface area contributed by atoms with Crippen LogP contribution in [0.4, 0.5) is 0 Å². The van der Waals surface area contributed by atoms with E-state index in [2.05, 4.69) is 31.2 Å². The van der Waals surface area contributed by atoms with Crippen molar-refractivity contribution in [3.63, 3.8) is 0 Å². The molecule has 0 amide bonds. The summed E-state index contributed by atoms with van der Waals surface area (Å²) >= 11 is 1.76. The summed E-state index contributed by atoms with van der Waals surface area (Å²) in [6.07, 6.45) is 2.81. The number of benzene rings is 1. The van der Waals surface area contributed by atoms with Gasteiger partial charge in [-0.1, -0.05) is 31.2 Å². The monoisotopic (exact) mass is 290 g/mol. The minimum absolute atomic E-state index is 0.659. The highest BCUT2D eigenvalue weighted by Gasteiger charge is 2.12. The molecule has 1 aromatic heterocycles. The summed E-state index contributed by atoms with van der Waals surface area (Å²) in [4.78, 5) is 6.06. The van der Waals surface area contributed by atoms with Gasteiger partial charge in [0.2, 0.25) is 0 Å². The fourth-order valence-electron chi connectivity index (χ4n) is 2.12. The summed E-state index contributed by atoms with van der Waals surface area (Å²) < 4.78 is 5.13. The molecule has 1 aromatic carbocycles. The average molecular weight is 290 g/mol. The predicted octanol–water partition coefficient (Wildman–Crippen LogP) is 3.06. The van der Waals surface area contributed by atoms with E-state index in [1.165, 1.54) is 16.0 Å². The molecule has 0 aliphatic carbocycles. The van der Waals surface area contributed by atoms with Crippen molar-refractivity contribution in [3.8, 4) is 11.3 Å². The molecule has 0 spiro atoms. The molecule has 0 radical (unpaired) electrons. The molecule has 0 unspecified atom stereocenters. The van der Waals surface area contributed by atoms with Crippen molar-refractivity contribution in [2.75, 3.05) is 20.3 Å². The summed E-state index contributed by atoms with van der Waals surface area (Å²) in [6.45, 7) is 3.54. The molecule has 0 saturated carbocycles. The number of nitrogens with zero attached hydrogens (tertiary/aromatic N) is 1. The van der Waals surface area contributed by atoms with E-state index in [1.54, 1.807) is 18.4 Å². The molecule has 20 heavy (non-hydrogen) atoms. The first-order valence-corrected chi connectivity index (χ1v) is 7.87. The average Bonchev–Trinajstić information content (AvgIpc) is 2.88. The molecule has 0 saturated heterocycles. The number of aryl methyl sites for hydroxylation is 1. The van der Waals surface area contributed by atoms with Gasteiger partial charge in [-0.05, 0) is 24.9 Å². The summed E-state index contributed by atoms with van der Waals surface area (Å²) in [5, 5.41) is 1.13. The lowest BCUT2D eigenvalue weighted by Gasteiger charge is -2.02. The molecule has 2 aromatic rings. The molecular formula is C16H22N2OS. The Kier molecular flexibility index (Phi) is 5.71. The van der Waals surface area contributed by atoms with Crippen LogP contribution in [0.2, 0.25) is 0 Å². The number of methoxy groups -OCH3 is 1. The van der Waals surface area contributed by atoms with Crippen molar-refractivity contribution < 1.29 is 4.74 Å². The Morgan fingerprint density at radius 2 is 1.95 bits per heavy atom. The second-order valence-electron chi connectivity index (χ2n) is 4.71. The minimum Gasteiger partial charge on any atom is -0.384 e. The molecular weight excluding hydrogens is 268 g/mol. The smallest absolute Gasteiger partial charge is 0.0958 e. The SMILES string of the molecule is CCc1ccc(-c2nc(CCOC)sc2CCN)cc1. The van der Waals surface area contributed by atoms with Gasteiger partial charge in [0.25, 0.3) is 0 Å². The van der Waals surface area contributed by atoms with Crippen molar-refractivity contribution >= 4 is 11.3 Å². The third-order valence-corrected chi connectivity index (χ3v) is 4.44. The van der Waals surface area contributed by atoms with E-state index in [4.69, 9.17) is 15.5 Å². The zero-order valence-electron chi connectivity index (χ0n) is 12.2. The highest BCUT2D eigenvalue weighted by molar-refractivity contribution is 7.12. The first-order valence-electron chi connectivity index (χ1n) is 7.05. The van der Waals surface area contributed by atoms with Gasteiger partial charge in [-0.2, -0.15) is 0 Å². The third kappa shape index (κ3) is 3.66. The van der Waals surface area contributed by atoms with E-state index in [0.29, 0.717) is 13.2 Å². The molecule has 0 atom stereocenters. The van der Waals surface area contributed by atoms with Gasteiger partial charge in [-0.3, -0.25) is 0 Å². The van der Waals surface area contributed by atoms with Crippen molar-refractivity contribution in [1.29, 1.82) is 0 Å². The molecule has 2 rings (SSSR count). The van der Waals surface area contributed by atoms with Crippen LogP contribution in [-0.4, -0.2) is 25.2 Å². The van der Waals surface area contributed by atoms with Crippen LogP contribution in [0.1, 0.15) is 22.4 Å². The van der Waals surface area contributed by atoms with Crippen molar-refractivity contribution in [3.05, 3.63) is 39.7 Å². The maximum Gasteiger partial charge on any atom is 0.0958 e. The Morgan fingerprint density at radius 1 is 1.20 bits per heavy atom. The van der Waals surface area contributed by atoms with E-state index >= 15 is 0 Å². The van der Waals surface area contributed by atoms with Crippen LogP contribution in [0, 0.1) is 0 Å². The topological polar surface area (TPSA) is 48.1 Å². The van der Waals surface area contributed by atoms with Gasteiger partial charge in [0.1, 0.15) is 0 Å². The van der Waals surface area contributed by atoms with Gasteiger partial charge in [-0.15, -0.1) is 11.3 Å². The molecule has 4 heteroatoms. The number of hydrogen-bond donors (Lipinski definition) is 1. The lowest BCUT2D eigenvalue weighted by atomic mass is 10.1. The van der Waals surface area contributed by atoms with Crippen LogP contribution in [0.5, 0.6) is 0 Å². The van der Waals surface area contributed by atoms with Crippen LogP contribution in [0.3, 0.4) is 0 Å². The summed E-state index contributed by atoms with van der Waals surface area (Å²) in [6, 6.07) is 8.67. The third-order valence-electron chi connectivity index (χ3n) is 3.27. The Balaban J connectivity index is 2.29. The molecule has 1 heterocycles. The number of aromatic nitrogens is 1. The van der Waals surface area contributed by atoms with E-state index in [0.717, 1.165) is 30.0 Å². The van der Waals surface area contributed by atoms with E-state index < -0.39 is 0 Å². The zero-order valence-corrected chi connectivity index (χ0v) is 13.0. The molecule has 0 aliphatic heterocycles. The second kappa shape index (κ2) is 7.53. The van der Waals surface area contributed by atoms with Crippen LogP contribution in [0.25, 0.3) is 11.3 Å². The van der Waals surface area contributed by atoms with Gasteiger partial charge in [-0.25, -0.2) is 4.98 Å². The number of thiazole rings is 1. The van der Waals surface area contributed by atoms with Crippen LogP contribution < -0.4 is 5.73 Å². The fraction of sp³-hybridized carbons (Fsp3) is 0.438.